The van der Waals surface area contributed by atoms with Crippen molar-refractivity contribution < 1.29 is 9.90 Å². The number of aliphatic hydroxyl groups excluding tert-OH is 1. The Hall–Kier alpha value is -1.47. The Labute approximate surface area is 93.8 Å². The zero-order valence-corrected chi connectivity index (χ0v) is 9.31. The molecule has 90 valence electrons. The molecule has 1 aromatic rings. The summed E-state index contributed by atoms with van der Waals surface area (Å²) < 4.78 is 1.59. The Balaban J connectivity index is 2.14. The third-order valence-corrected chi connectivity index (χ3v) is 1.90. The summed E-state index contributed by atoms with van der Waals surface area (Å²) >= 11 is 0. The van der Waals surface area contributed by atoms with E-state index < -0.39 is 0 Å². The number of carbonyl (C=O) groups is 1. The first-order chi connectivity index (χ1) is 7.72. The second-order valence-corrected chi connectivity index (χ2v) is 3.36. The first-order valence-electron chi connectivity index (χ1n) is 5.17. The first-order valence-corrected chi connectivity index (χ1v) is 5.17. The van der Waals surface area contributed by atoms with Crippen LogP contribution in [0.2, 0.25) is 0 Å². The summed E-state index contributed by atoms with van der Waals surface area (Å²) in [5, 5.41) is 22.2. The van der Waals surface area contributed by atoms with Gasteiger partial charge in [-0.25, -0.2) is 4.68 Å². The third-order valence-electron chi connectivity index (χ3n) is 1.90. The molecule has 0 saturated carbocycles. The van der Waals surface area contributed by atoms with Gasteiger partial charge in [-0.3, -0.25) is 4.79 Å². The van der Waals surface area contributed by atoms with Crippen LogP contribution in [-0.4, -0.2) is 45.7 Å². The Morgan fingerprint density at radius 1 is 1.56 bits per heavy atom. The van der Waals surface area contributed by atoms with E-state index in [0.717, 1.165) is 5.69 Å². The van der Waals surface area contributed by atoms with Gasteiger partial charge < -0.3 is 15.7 Å². The number of hydrogen-bond donors (Lipinski definition) is 3. The average Bonchev–Trinajstić information content (AvgIpc) is 2.65. The summed E-state index contributed by atoms with van der Waals surface area (Å²) in [6.45, 7) is 3.88. The molecule has 1 rings (SSSR count). The van der Waals surface area contributed by atoms with Gasteiger partial charge >= 0.3 is 0 Å². The van der Waals surface area contributed by atoms with Crippen LogP contribution in [0.3, 0.4) is 0 Å². The molecule has 0 aliphatic heterocycles. The number of hydrogen-bond acceptors (Lipinski definition) is 5. The molecule has 0 radical (unpaired) electrons. The lowest BCUT2D eigenvalue weighted by molar-refractivity contribution is -0.118. The minimum atomic E-state index is -0.0318. The van der Waals surface area contributed by atoms with E-state index in [2.05, 4.69) is 20.9 Å². The van der Waals surface area contributed by atoms with Crippen LogP contribution in [0.5, 0.6) is 0 Å². The van der Waals surface area contributed by atoms with E-state index in [4.69, 9.17) is 5.11 Å². The monoisotopic (exact) mass is 227 g/mol. The summed E-state index contributed by atoms with van der Waals surface area (Å²) in [5.74, 6) is -0.0318. The second-order valence-electron chi connectivity index (χ2n) is 3.36. The predicted molar refractivity (Wildman–Crippen MR) is 57.5 cm³/mol. The van der Waals surface area contributed by atoms with Crippen molar-refractivity contribution in [3.8, 4) is 0 Å². The van der Waals surface area contributed by atoms with E-state index in [-0.39, 0.29) is 12.5 Å². The van der Waals surface area contributed by atoms with Crippen molar-refractivity contribution in [2.24, 2.45) is 0 Å². The molecular weight excluding hydrogens is 210 g/mol. The van der Waals surface area contributed by atoms with E-state index >= 15 is 0 Å². The molecule has 3 N–H and O–H groups in total. The van der Waals surface area contributed by atoms with Gasteiger partial charge in [-0.15, -0.1) is 5.10 Å². The quantitative estimate of drug-likeness (QED) is 0.493. The maximum Gasteiger partial charge on any atom is 0.216 e. The molecule has 0 bridgehead atoms. The molecule has 1 heterocycles. The Bertz CT molecular complexity index is 325. The van der Waals surface area contributed by atoms with E-state index in [9.17, 15) is 4.79 Å². The fourth-order valence-electron chi connectivity index (χ4n) is 1.17. The normalized spacial score (nSPS) is 10.4. The van der Waals surface area contributed by atoms with Crippen molar-refractivity contribution in [3.05, 3.63) is 11.9 Å². The molecule has 16 heavy (non-hydrogen) atoms. The predicted octanol–water partition coefficient (Wildman–Crippen LogP) is -1.50. The number of carbonyl (C=O) groups excluding carboxylic acids is 1. The molecule has 0 spiro atoms. The summed E-state index contributed by atoms with van der Waals surface area (Å²) in [6.07, 6.45) is 1.78. The summed E-state index contributed by atoms with van der Waals surface area (Å²) in [5.41, 5.74) is 0.816. The van der Waals surface area contributed by atoms with E-state index in [1.807, 2.05) is 0 Å². The van der Waals surface area contributed by atoms with Crippen molar-refractivity contribution in [2.45, 2.75) is 20.0 Å². The first kappa shape index (κ1) is 12.6. The average molecular weight is 227 g/mol. The molecule has 0 unspecified atom stereocenters. The molecule has 1 amide bonds. The van der Waals surface area contributed by atoms with E-state index in [1.165, 1.54) is 6.92 Å². The van der Waals surface area contributed by atoms with Crippen LogP contribution in [0.25, 0.3) is 0 Å². The van der Waals surface area contributed by atoms with Crippen molar-refractivity contribution >= 4 is 5.91 Å². The molecule has 0 aliphatic carbocycles. The standard InChI is InChI=1S/C9H17N5O2/c1-8(16)11-3-2-10-6-9-7-14(4-5-15)13-12-9/h7,10,15H,2-6H2,1H3,(H,11,16). The molecule has 0 fully saturated rings. The molecule has 0 saturated heterocycles. The van der Waals surface area contributed by atoms with Crippen molar-refractivity contribution in [2.75, 3.05) is 19.7 Å². The van der Waals surface area contributed by atoms with Gasteiger partial charge in [-0.05, 0) is 0 Å². The van der Waals surface area contributed by atoms with Crippen molar-refractivity contribution in [1.29, 1.82) is 0 Å². The highest BCUT2D eigenvalue weighted by atomic mass is 16.3. The largest absolute Gasteiger partial charge is 0.394 e. The van der Waals surface area contributed by atoms with Crippen LogP contribution in [0.4, 0.5) is 0 Å². The number of nitrogens with one attached hydrogen (secondary N) is 2. The minimum absolute atomic E-state index is 0.0318. The minimum Gasteiger partial charge on any atom is -0.394 e. The van der Waals surface area contributed by atoms with Gasteiger partial charge in [-0.2, -0.15) is 0 Å². The van der Waals surface area contributed by atoms with Gasteiger partial charge in [0.05, 0.1) is 18.8 Å². The highest BCUT2D eigenvalue weighted by molar-refractivity contribution is 5.72. The fraction of sp³-hybridized carbons (Fsp3) is 0.667. The lowest BCUT2D eigenvalue weighted by Gasteiger charge is -2.02. The van der Waals surface area contributed by atoms with E-state index in [0.29, 0.717) is 26.2 Å². The van der Waals surface area contributed by atoms with Crippen molar-refractivity contribution in [1.82, 2.24) is 25.6 Å². The van der Waals surface area contributed by atoms with Gasteiger partial charge in [0.1, 0.15) is 0 Å². The zero-order valence-electron chi connectivity index (χ0n) is 9.31. The topological polar surface area (TPSA) is 92.1 Å². The fourth-order valence-corrected chi connectivity index (χ4v) is 1.17. The maximum absolute atomic E-state index is 10.6. The van der Waals surface area contributed by atoms with Gasteiger partial charge in [0, 0.05) is 32.8 Å². The molecule has 1 aromatic heterocycles. The van der Waals surface area contributed by atoms with E-state index in [1.54, 1.807) is 10.9 Å². The molecule has 0 aliphatic rings. The summed E-state index contributed by atoms with van der Waals surface area (Å²) in [4.78, 5) is 10.6. The number of rotatable bonds is 7. The van der Waals surface area contributed by atoms with Gasteiger partial charge in [0.15, 0.2) is 0 Å². The van der Waals surface area contributed by atoms with Gasteiger partial charge in [0.2, 0.25) is 5.91 Å². The summed E-state index contributed by atoms with van der Waals surface area (Å²) in [6, 6.07) is 0. The summed E-state index contributed by atoms with van der Waals surface area (Å²) in [7, 11) is 0. The SMILES string of the molecule is CC(=O)NCCNCc1cn(CCO)nn1. The molecule has 0 aromatic carbocycles. The highest BCUT2D eigenvalue weighted by Gasteiger charge is 1.99. The lowest BCUT2D eigenvalue weighted by atomic mass is 10.4. The molecule has 7 nitrogen and oxygen atoms in total. The molecule has 0 atom stereocenters. The van der Waals surface area contributed by atoms with Gasteiger partial charge in [0.25, 0.3) is 0 Å². The van der Waals surface area contributed by atoms with Crippen LogP contribution >= 0.6 is 0 Å². The Morgan fingerprint density at radius 3 is 3.06 bits per heavy atom. The number of nitrogens with zero attached hydrogens (tertiary/aromatic N) is 3. The molecule has 7 heteroatoms. The van der Waals surface area contributed by atoms with Gasteiger partial charge in [-0.1, -0.05) is 5.21 Å². The second kappa shape index (κ2) is 6.91. The Morgan fingerprint density at radius 2 is 2.38 bits per heavy atom. The van der Waals surface area contributed by atoms with Crippen LogP contribution in [0.1, 0.15) is 12.6 Å². The van der Waals surface area contributed by atoms with Crippen LogP contribution in [0, 0.1) is 0 Å². The third kappa shape index (κ3) is 4.85. The lowest BCUT2D eigenvalue weighted by Crippen LogP contribution is -2.29. The van der Waals surface area contributed by atoms with Crippen LogP contribution < -0.4 is 10.6 Å². The van der Waals surface area contributed by atoms with Crippen LogP contribution in [-0.2, 0) is 17.9 Å². The maximum atomic E-state index is 10.6. The van der Waals surface area contributed by atoms with Crippen molar-refractivity contribution in [3.63, 3.8) is 0 Å². The number of aliphatic hydroxyl groups is 1. The highest BCUT2D eigenvalue weighted by Crippen LogP contribution is 1.91. The Kier molecular flexibility index (Phi) is 5.44. The number of aromatic nitrogens is 3. The smallest absolute Gasteiger partial charge is 0.216 e. The molecular formula is C9H17N5O2. The zero-order chi connectivity index (χ0) is 11.8. The van der Waals surface area contributed by atoms with Crippen LogP contribution in [0.15, 0.2) is 6.20 Å². The number of amides is 1.